The molecule has 23 heavy (non-hydrogen) atoms. The molecule has 0 spiro atoms. The molecule has 0 aromatic heterocycles. The summed E-state index contributed by atoms with van der Waals surface area (Å²) in [6.45, 7) is 2.18. The third kappa shape index (κ3) is 7.47. The van der Waals surface area contributed by atoms with Crippen molar-refractivity contribution in [3.8, 4) is 0 Å². The molecule has 0 bridgehead atoms. The molecule has 1 N–H and O–H groups in total. The van der Waals surface area contributed by atoms with E-state index in [1.165, 1.54) is 31.4 Å². The van der Waals surface area contributed by atoms with Crippen molar-refractivity contribution < 1.29 is 22.6 Å². The van der Waals surface area contributed by atoms with Crippen LogP contribution in [0.1, 0.15) is 51.9 Å². The Morgan fingerprint density at radius 2 is 1.61 bits per heavy atom. The number of hydrogen-bond donors (Lipinski definition) is 1. The first kappa shape index (κ1) is 19.4. The van der Waals surface area contributed by atoms with Crippen LogP contribution < -0.4 is 0 Å². The number of amides is 1. The van der Waals surface area contributed by atoms with E-state index < -0.39 is 16.2 Å². The number of hydroxylamine groups is 2. The summed E-state index contributed by atoms with van der Waals surface area (Å²) in [5.41, 5.74) is 0. The fourth-order valence-corrected chi connectivity index (χ4v) is 3.08. The Morgan fingerprint density at radius 1 is 1.04 bits per heavy atom. The topological polar surface area (TPSA) is 83.9 Å². The zero-order valence-electron chi connectivity index (χ0n) is 13.5. The molecule has 1 aromatic rings. The van der Waals surface area contributed by atoms with Crippen molar-refractivity contribution in [3.63, 3.8) is 0 Å². The van der Waals surface area contributed by atoms with Gasteiger partial charge in [-0.1, -0.05) is 63.6 Å². The maximum absolute atomic E-state index is 12.0. The van der Waals surface area contributed by atoms with Gasteiger partial charge in [-0.25, -0.2) is 4.79 Å². The molecule has 0 saturated heterocycles. The maximum Gasteiger partial charge on any atom is 0.432 e. The molecular formula is C16H25NO5S. The van der Waals surface area contributed by atoms with Gasteiger partial charge in [0.2, 0.25) is 0 Å². The van der Waals surface area contributed by atoms with E-state index in [9.17, 15) is 13.2 Å². The minimum atomic E-state index is -4.11. The molecule has 1 amide bonds. The Kier molecular flexibility index (Phi) is 8.65. The SMILES string of the molecule is CCCCCCCCCN(OS(=O)(=O)c1ccccc1)C(=O)O. The lowest BCUT2D eigenvalue weighted by Gasteiger charge is -2.17. The van der Waals surface area contributed by atoms with Crippen LogP contribution in [0.25, 0.3) is 0 Å². The monoisotopic (exact) mass is 343 g/mol. The second-order valence-corrected chi connectivity index (χ2v) is 6.88. The molecule has 130 valence electrons. The van der Waals surface area contributed by atoms with E-state index >= 15 is 0 Å². The average molecular weight is 343 g/mol. The minimum absolute atomic E-state index is 0.0369. The largest absolute Gasteiger partial charge is 0.463 e. The van der Waals surface area contributed by atoms with Gasteiger partial charge in [-0.15, -0.1) is 4.28 Å². The Balaban J connectivity index is 2.45. The highest BCUT2D eigenvalue weighted by molar-refractivity contribution is 7.86. The first-order valence-electron chi connectivity index (χ1n) is 7.97. The molecule has 7 heteroatoms. The molecule has 0 aliphatic rings. The molecule has 0 saturated carbocycles. The minimum Gasteiger partial charge on any atom is -0.463 e. The van der Waals surface area contributed by atoms with E-state index in [0.717, 1.165) is 19.3 Å². The van der Waals surface area contributed by atoms with E-state index in [-0.39, 0.29) is 11.4 Å². The van der Waals surface area contributed by atoms with E-state index in [1.54, 1.807) is 18.2 Å². The van der Waals surface area contributed by atoms with Crippen LogP contribution in [0.2, 0.25) is 0 Å². The number of unbranched alkanes of at least 4 members (excludes halogenated alkanes) is 6. The highest BCUT2D eigenvalue weighted by atomic mass is 32.2. The smallest absolute Gasteiger partial charge is 0.432 e. The van der Waals surface area contributed by atoms with Gasteiger partial charge >= 0.3 is 16.2 Å². The van der Waals surface area contributed by atoms with Gasteiger partial charge in [0, 0.05) is 0 Å². The fraction of sp³-hybridized carbons (Fsp3) is 0.562. The van der Waals surface area contributed by atoms with Crippen molar-refractivity contribution in [2.45, 2.75) is 56.8 Å². The summed E-state index contributed by atoms with van der Waals surface area (Å²) >= 11 is 0. The first-order valence-corrected chi connectivity index (χ1v) is 9.38. The second kappa shape index (κ2) is 10.2. The normalized spacial score (nSPS) is 11.3. The highest BCUT2D eigenvalue weighted by Crippen LogP contribution is 2.14. The number of rotatable bonds is 11. The molecule has 0 atom stereocenters. The van der Waals surface area contributed by atoms with Gasteiger partial charge in [-0.05, 0) is 18.6 Å². The van der Waals surface area contributed by atoms with Crippen molar-refractivity contribution in [2.75, 3.05) is 6.54 Å². The standard InChI is InChI=1S/C16H25NO5S/c1-2-3-4-5-6-7-11-14-17(16(18)19)22-23(20,21)15-12-9-8-10-13-15/h8-10,12-13H,2-7,11,14H2,1H3,(H,18,19). The molecule has 0 heterocycles. The summed E-state index contributed by atoms with van der Waals surface area (Å²) in [7, 11) is -4.11. The molecule has 0 fully saturated rings. The Labute approximate surface area is 138 Å². The lowest BCUT2D eigenvalue weighted by atomic mass is 10.1. The number of benzene rings is 1. The highest BCUT2D eigenvalue weighted by Gasteiger charge is 2.23. The second-order valence-electron chi connectivity index (χ2n) is 5.35. The predicted molar refractivity (Wildman–Crippen MR) is 87.4 cm³/mol. The van der Waals surface area contributed by atoms with Crippen molar-refractivity contribution >= 4 is 16.2 Å². The molecule has 0 aliphatic heterocycles. The molecule has 1 rings (SSSR count). The molecular weight excluding hydrogens is 318 g/mol. The van der Waals surface area contributed by atoms with E-state index in [2.05, 4.69) is 6.92 Å². The van der Waals surface area contributed by atoms with Gasteiger partial charge in [0.15, 0.2) is 0 Å². The fourth-order valence-electron chi connectivity index (χ4n) is 2.13. The van der Waals surface area contributed by atoms with Gasteiger partial charge in [-0.3, -0.25) is 0 Å². The van der Waals surface area contributed by atoms with E-state index in [1.807, 2.05) is 0 Å². The zero-order valence-corrected chi connectivity index (χ0v) is 14.3. The van der Waals surface area contributed by atoms with E-state index in [0.29, 0.717) is 11.5 Å². The van der Waals surface area contributed by atoms with Gasteiger partial charge in [0.25, 0.3) is 0 Å². The van der Waals surface area contributed by atoms with Crippen LogP contribution in [-0.4, -0.2) is 31.2 Å². The van der Waals surface area contributed by atoms with Crippen molar-refractivity contribution in [2.24, 2.45) is 0 Å². The molecule has 0 radical (unpaired) electrons. The van der Waals surface area contributed by atoms with Crippen LogP contribution in [-0.2, 0) is 14.4 Å². The number of carboxylic acid groups (broad SMARTS) is 1. The quantitative estimate of drug-likeness (QED) is 0.484. The third-order valence-electron chi connectivity index (χ3n) is 3.40. The van der Waals surface area contributed by atoms with Gasteiger partial charge < -0.3 is 5.11 Å². The van der Waals surface area contributed by atoms with Crippen LogP contribution >= 0.6 is 0 Å². The Bertz CT molecular complexity index is 559. The predicted octanol–water partition coefficient (Wildman–Crippen LogP) is 4.04. The van der Waals surface area contributed by atoms with Crippen LogP contribution in [0, 0.1) is 0 Å². The van der Waals surface area contributed by atoms with Gasteiger partial charge in [-0.2, -0.15) is 13.5 Å². The lowest BCUT2D eigenvalue weighted by molar-refractivity contribution is -0.0308. The summed E-state index contributed by atoms with van der Waals surface area (Å²) in [6, 6.07) is 7.51. The lowest BCUT2D eigenvalue weighted by Crippen LogP contribution is -2.33. The van der Waals surface area contributed by atoms with E-state index in [4.69, 9.17) is 9.39 Å². The van der Waals surface area contributed by atoms with Crippen LogP contribution in [0.4, 0.5) is 4.79 Å². The van der Waals surface area contributed by atoms with Gasteiger partial charge in [0.05, 0.1) is 11.4 Å². The van der Waals surface area contributed by atoms with Gasteiger partial charge in [0.1, 0.15) is 0 Å². The molecule has 0 unspecified atom stereocenters. The summed E-state index contributed by atoms with van der Waals surface area (Å²) in [5.74, 6) is 0. The molecule has 0 aliphatic carbocycles. The summed E-state index contributed by atoms with van der Waals surface area (Å²) in [4.78, 5) is 11.1. The molecule has 1 aromatic carbocycles. The zero-order chi connectivity index (χ0) is 17.1. The summed E-state index contributed by atoms with van der Waals surface area (Å²) in [5, 5.41) is 9.59. The van der Waals surface area contributed by atoms with Crippen LogP contribution in [0.15, 0.2) is 35.2 Å². The molecule has 6 nitrogen and oxygen atoms in total. The first-order chi connectivity index (χ1) is 11.0. The maximum atomic E-state index is 12.0. The number of carbonyl (C=O) groups is 1. The van der Waals surface area contributed by atoms with Crippen molar-refractivity contribution in [1.29, 1.82) is 0 Å². The van der Waals surface area contributed by atoms with Crippen molar-refractivity contribution in [1.82, 2.24) is 5.06 Å². The Hall–Kier alpha value is -1.60. The number of hydrogen-bond acceptors (Lipinski definition) is 4. The number of nitrogens with zero attached hydrogens (tertiary/aromatic N) is 1. The third-order valence-corrected chi connectivity index (χ3v) is 4.62. The van der Waals surface area contributed by atoms with Crippen molar-refractivity contribution in [3.05, 3.63) is 30.3 Å². The summed E-state index contributed by atoms with van der Waals surface area (Å²) < 4.78 is 28.8. The average Bonchev–Trinajstić information content (AvgIpc) is 2.53. The Morgan fingerprint density at radius 3 is 2.17 bits per heavy atom. The summed E-state index contributed by atoms with van der Waals surface area (Å²) in [6.07, 6.45) is 5.71. The van der Waals surface area contributed by atoms with Crippen LogP contribution in [0.5, 0.6) is 0 Å². The van der Waals surface area contributed by atoms with Crippen LogP contribution in [0.3, 0.4) is 0 Å².